The highest BCUT2D eigenvalue weighted by atomic mass is 35.5. The number of rotatable bonds is 7. The van der Waals surface area contributed by atoms with Gasteiger partial charge in [-0.25, -0.2) is 0 Å². The van der Waals surface area contributed by atoms with Gasteiger partial charge < -0.3 is 15.4 Å². The Morgan fingerprint density at radius 1 is 0.933 bits per heavy atom. The van der Waals surface area contributed by atoms with Crippen LogP contribution in [-0.4, -0.2) is 24.2 Å². The molecule has 2 amide bonds. The van der Waals surface area contributed by atoms with E-state index in [1.165, 1.54) is 11.8 Å². The molecular formula is C23H21ClN2O3S. The van der Waals surface area contributed by atoms with Crippen molar-refractivity contribution in [2.24, 2.45) is 0 Å². The Balaban J connectivity index is 1.57. The minimum absolute atomic E-state index is 0.113. The lowest BCUT2D eigenvalue weighted by Gasteiger charge is -2.13. The fourth-order valence-corrected chi connectivity index (χ4v) is 3.71. The second-order valence-electron chi connectivity index (χ2n) is 6.47. The summed E-state index contributed by atoms with van der Waals surface area (Å²) in [4.78, 5) is 25.7. The number of ether oxygens (including phenoxy) is 1. The molecule has 7 heteroatoms. The first kappa shape index (κ1) is 21.7. The molecule has 1 unspecified atom stereocenters. The zero-order valence-corrected chi connectivity index (χ0v) is 18.1. The summed E-state index contributed by atoms with van der Waals surface area (Å²) in [7, 11) is 1.56. The van der Waals surface area contributed by atoms with Crippen LogP contribution < -0.4 is 15.4 Å². The predicted octanol–water partition coefficient (Wildman–Crippen LogP) is 5.72. The van der Waals surface area contributed by atoms with Gasteiger partial charge in [0.05, 0.1) is 12.4 Å². The molecule has 0 aliphatic heterocycles. The van der Waals surface area contributed by atoms with E-state index >= 15 is 0 Å². The maximum atomic E-state index is 12.4. The molecule has 30 heavy (non-hydrogen) atoms. The molecule has 0 aliphatic rings. The topological polar surface area (TPSA) is 67.4 Å². The van der Waals surface area contributed by atoms with Gasteiger partial charge in [-0.3, -0.25) is 9.59 Å². The van der Waals surface area contributed by atoms with Crippen molar-refractivity contribution in [3.05, 3.63) is 83.4 Å². The molecule has 0 radical (unpaired) electrons. The zero-order valence-electron chi connectivity index (χ0n) is 16.5. The van der Waals surface area contributed by atoms with Crippen LogP contribution in [0.5, 0.6) is 5.75 Å². The van der Waals surface area contributed by atoms with Crippen LogP contribution in [0.3, 0.4) is 0 Å². The van der Waals surface area contributed by atoms with E-state index in [9.17, 15) is 9.59 Å². The van der Waals surface area contributed by atoms with Gasteiger partial charge >= 0.3 is 0 Å². The number of nitrogens with one attached hydrogen (secondary N) is 2. The molecule has 0 saturated carbocycles. The van der Waals surface area contributed by atoms with Gasteiger partial charge in [-0.05, 0) is 67.6 Å². The number of benzene rings is 3. The average molecular weight is 441 g/mol. The van der Waals surface area contributed by atoms with Crippen LogP contribution in [0, 0.1) is 0 Å². The highest BCUT2D eigenvalue weighted by Crippen LogP contribution is 2.26. The van der Waals surface area contributed by atoms with E-state index in [0.29, 0.717) is 27.7 Å². The first-order chi connectivity index (χ1) is 14.4. The number of hydrogen-bond donors (Lipinski definition) is 2. The standard InChI is InChI=1S/C23H21ClN2O3S/c1-15(22(27)26-19-7-4-6-17(24)14-19)30-21-11-9-18(10-12-21)25-23(28)16-5-3-8-20(13-16)29-2/h3-15H,1-2H3,(H,25,28)(H,26,27). The summed E-state index contributed by atoms with van der Waals surface area (Å²) in [6, 6.07) is 21.3. The molecule has 1 atom stereocenters. The second-order valence-corrected chi connectivity index (χ2v) is 8.32. The predicted molar refractivity (Wildman–Crippen MR) is 123 cm³/mol. The summed E-state index contributed by atoms with van der Waals surface area (Å²) < 4.78 is 5.15. The summed E-state index contributed by atoms with van der Waals surface area (Å²) in [6.07, 6.45) is 0. The van der Waals surface area contributed by atoms with E-state index in [1.54, 1.807) is 55.6 Å². The molecule has 0 spiro atoms. The van der Waals surface area contributed by atoms with Crippen molar-refractivity contribution in [1.29, 1.82) is 0 Å². The third kappa shape index (κ3) is 6.02. The molecule has 0 aliphatic carbocycles. The number of thioether (sulfide) groups is 1. The molecule has 3 aromatic carbocycles. The molecule has 5 nitrogen and oxygen atoms in total. The number of carbonyl (C=O) groups is 2. The van der Waals surface area contributed by atoms with Crippen LogP contribution in [0.4, 0.5) is 11.4 Å². The number of methoxy groups -OCH3 is 1. The van der Waals surface area contributed by atoms with Crippen LogP contribution in [0.2, 0.25) is 5.02 Å². The Hall–Kier alpha value is -2.96. The molecule has 0 saturated heterocycles. The SMILES string of the molecule is COc1cccc(C(=O)Nc2ccc(SC(C)C(=O)Nc3cccc(Cl)c3)cc2)c1. The first-order valence-corrected chi connectivity index (χ1v) is 10.5. The van der Waals surface area contributed by atoms with E-state index in [0.717, 1.165) is 4.90 Å². The average Bonchev–Trinajstić information content (AvgIpc) is 2.75. The molecule has 2 N–H and O–H groups in total. The molecule has 154 valence electrons. The van der Waals surface area contributed by atoms with Crippen LogP contribution in [0.15, 0.2) is 77.7 Å². The molecule has 3 rings (SSSR count). The smallest absolute Gasteiger partial charge is 0.255 e. The largest absolute Gasteiger partial charge is 0.497 e. The third-order valence-corrected chi connectivity index (χ3v) is 5.57. The van der Waals surface area contributed by atoms with Gasteiger partial charge in [0.2, 0.25) is 5.91 Å². The van der Waals surface area contributed by atoms with Crippen LogP contribution in [0.1, 0.15) is 17.3 Å². The molecule has 0 fully saturated rings. The Labute approximate surface area is 184 Å². The van der Waals surface area contributed by atoms with Gasteiger partial charge in [-0.2, -0.15) is 0 Å². The van der Waals surface area contributed by atoms with Crippen molar-refractivity contribution >= 4 is 46.6 Å². The summed E-state index contributed by atoms with van der Waals surface area (Å²) in [5.41, 5.74) is 1.85. The highest BCUT2D eigenvalue weighted by molar-refractivity contribution is 8.00. The van der Waals surface area contributed by atoms with E-state index in [1.807, 2.05) is 31.2 Å². The van der Waals surface area contributed by atoms with Gasteiger partial charge in [0.1, 0.15) is 5.75 Å². The zero-order chi connectivity index (χ0) is 21.5. The maximum absolute atomic E-state index is 12.4. The number of halogens is 1. The van der Waals surface area contributed by atoms with Gasteiger partial charge in [0.25, 0.3) is 5.91 Å². The minimum Gasteiger partial charge on any atom is -0.497 e. The van der Waals surface area contributed by atoms with Crippen molar-refractivity contribution in [2.45, 2.75) is 17.1 Å². The summed E-state index contributed by atoms with van der Waals surface area (Å²) >= 11 is 7.38. The summed E-state index contributed by atoms with van der Waals surface area (Å²) in [6.45, 7) is 1.84. The summed E-state index contributed by atoms with van der Waals surface area (Å²) in [5, 5.41) is 5.98. The van der Waals surface area contributed by atoms with Crippen LogP contribution >= 0.6 is 23.4 Å². The third-order valence-electron chi connectivity index (χ3n) is 4.22. The van der Waals surface area contributed by atoms with Crippen molar-refractivity contribution in [3.63, 3.8) is 0 Å². The molecule has 0 heterocycles. The van der Waals surface area contributed by atoms with Crippen LogP contribution in [0.25, 0.3) is 0 Å². The Morgan fingerprint density at radius 2 is 1.67 bits per heavy atom. The maximum Gasteiger partial charge on any atom is 0.255 e. The quantitative estimate of drug-likeness (QED) is 0.461. The molecular weight excluding hydrogens is 420 g/mol. The second kappa shape index (κ2) is 10.2. The first-order valence-electron chi connectivity index (χ1n) is 9.23. The van der Waals surface area contributed by atoms with E-state index < -0.39 is 0 Å². The monoisotopic (exact) mass is 440 g/mol. The van der Waals surface area contributed by atoms with Crippen molar-refractivity contribution in [2.75, 3.05) is 17.7 Å². The molecule has 0 bridgehead atoms. The van der Waals surface area contributed by atoms with Crippen molar-refractivity contribution in [1.82, 2.24) is 0 Å². The lowest BCUT2D eigenvalue weighted by atomic mass is 10.2. The highest BCUT2D eigenvalue weighted by Gasteiger charge is 2.15. The lowest BCUT2D eigenvalue weighted by molar-refractivity contribution is -0.115. The van der Waals surface area contributed by atoms with Gasteiger partial charge in [-0.1, -0.05) is 23.7 Å². The minimum atomic E-state index is -0.304. The normalized spacial score (nSPS) is 11.4. The molecule has 0 aromatic heterocycles. The number of anilines is 2. The fraction of sp³-hybridized carbons (Fsp3) is 0.130. The molecule has 3 aromatic rings. The Bertz CT molecular complexity index is 1040. The van der Waals surface area contributed by atoms with E-state index in [-0.39, 0.29) is 17.1 Å². The van der Waals surface area contributed by atoms with Gasteiger partial charge in [0, 0.05) is 26.9 Å². The Morgan fingerprint density at radius 3 is 2.37 bits per heavy atom. The summed E-state index contributed by atoms with van der Waals surface area (Å²) in [5.74, 6) is 0.292. The fourth-order valence-electron chi connectivity index (χ4n) is 2.65. The van der Waals surface area contributed by atoms with Crippen molar-refractivity contribution < 1.29 is 14.3 Å². The lowest BCUT2D eigenvalue weighted by Crippen LogP contribution is -2.22. The Kier molecular flexibility index (Phi) is 7.38. The number of hydrogen-bond acceptors (Lipinski definition) is 4. The van der Waals surface area contributed by atoms with E-state index in [2.05, 4.69) is 10.6 Å². The van der Waals surface area contributed by atoms with Gasteiger partial charge in [0.15, 0.2) is 0 Å². The van der Waals surface area contributed by atoms with Crippen LogP contribution in [-0.2, 0) is 4.79 Å². The van der Waals surface area contributed by atoms with Gasteiger partial charge in [-0.15, -0.1) is 11.8 Å². The number of amides is 2. The van der Waals surface area contributed by atoms with E-state index in [4.69, 9.17) is 16.3 Å². The number of carbonyl (C=O) groups excluding carboxylic acids is 2. The van der Waals surface area contributed by atoms with Crippen molar-refractivity contribution in [3.8, 4) is 5.75 Å².